The minimum absolute atomic E-state index is 0.0879. The summed E-state index contributed by atoms with van der Waals surface area (Å²) in [4.78, 5) is 24.6. The van der Waals surface area contributed by atoms with E-state index in [1.165, 1.54) is 6.42 Å². The number of rotatable bonds is 2. The number of carboxylic acids is 1. The summed E-state index contributed by atoms with van der Waals surface area (Å²) in [5.41, 5.74) is 0. The van der Waals surface area contributed by atoms with Crippen LogP contribution >= 0.6 is 0 Å². The van der Waals surface area contributed by atoms with E-state index in [1.54, 1.807) is 4.90 Å². The largest absolute Gasteiger partial charge is 0.481 e. The van der Waals surface area contributed by atoms with E-state index in [0.29, 0.717) is 31.3 Å². The Hall–Kier alpha value is -1.26. The predicted octanol–water partition coefficient (Wildman–Crippen LogP) is 1.93. The summed E-state index contributed by atoms with van der Waals surface area (Å²) < 4.78 is 0. The van der Waals surface area contributed by atoms with Crippen LogP contribution in [0.4, 0.5) is 4.79 Å². The van der Waals surface area contributed by atoms with Gasteiger partial charge in [-0.3, -0.25) is 4.79 Å². The van der Waals surface area contributed by atoms with Crippen LogP contribution in [0.5, 0.6) is 0 Å². The molecule has 19 heavy (non-hydrogen) atoms. The van der Waals surface area contributed by atoms with Crippen LogP contribution in [0.2, 0.25) is 0 Å². The van der Waals surface area contributed by atoms with E-state index < -0.39 is 11.9 Å². The Balaban J connectivity index is 1.83. The standard InChI is InChI=1S/C14H24N2O3/c1-9-5-10(2)7-12(6-9)15-14(19)16-4-3-11(8-16)13(17)18/h9-12H,3-8H2,1-2H3,(H,15,19)(H,17,18). The monoisotopic (exact) mass is 268 g/mol. The van der Waals surface area contributed by atoms with Gasteiger partial charge in [-0.15, -0.1) is 0 Å². The van der Waals surface area contributed by atoms with Crippen molar-refractivity contribution in [3.05, 3.63) is 0 Å². The van der Waals surface area contributed by atoms with Crippen LogP contribution in [0, 0.1) is 17.8 Å². The molecule has 0 aromatic heterocycles. The number of carboxylic acid groups (broad SMARTS) is 1. The Morgan fingerprint density at radius 1 is 1.16 bits per heavy atom. The van der Waals surface area contributed by atoms with Gasteiger partial charge in [0.2, 0.25) is 0 Å². The van der Waals surface area contributed by atoms with E-state index in [4.69, 9.17) is 5.11 Å². The number of carbonyl (C=O) groups is 2. The lowest BCUT2D eigenvalue weighted by Gasteiger charge is -2.33. The maximum Gasteiger partial charge on any atom is 0.317 e. The number of hydrogen-bond donors (Lipinski definition) is 2. The van der Waals surface area contributed by atoms with Gasteiger partial charge in [-0.25, -0.2) is 4.79 Å². The summed E-state index contributed by atoms with van der Waals surface area (Å²) >= 11 is 0. The average molecular weight is 268 g/mol. The third-order valence-electron chi connectivity index (χ3n) is 4.33. The second-order valence-corrected chi connectivity index (χ2v) is 6.33. The van der Waals surface area contributed by atoms with E-state index in [9.17, 15) is 9.59 Å². The van der Waals surface area contributed by atoms with Gasteiger partial charge >= 0.3 is 12.0 Å². The van der Waals surface area contributed by atoms with Crippen LogP contribution in [-0.4, -0.2) is 41.1 Å². The van der Waals surface area contributed by atoms with Gasteiger partial charge in [0.25, 0.3) is 0 Å². The number of nitrogens with zero attached hydrogens (tertiary/aromatic N) is 1. The Labute approximate surface area is 114 Å². The third-order valence-corrected chi connectivity index (χ3v) is 4.33. The first kappa shape index (κ1) is 14.2. The quantitative estimate of drug-likeness (QED) is 0.804. The van der Waals surface area contributed by atoms with Crippen molar-refractivity contribution in [2.45, 2.75) is 45.6 Å². The van der Waals surface area contributed by atoms with E-state index in [0.717, 1.165) is 12.8 Å². The Morgan fingerprint density at radius 2 is 1.79 bits per heavy atom. The maximum absolute atomic E-state index is 12.1. The van der Waals surface area contributed by atoms with Gasteiger partial charge < -0.3 is 15.3 Å². The topological polar surface area (TPSA) is 69.6 Å². The van der Waals surface area contributed by atoms with Crippen molar-refractivity contribution in [2.75, 3.05) is 13.1 Å². The van der Waals surface area contributed by atoms with Gasteiger partial charge in [0.05, 0.1) is 5.92 Å². The molecule has 2 fully saturated rings. The molecule has 1 saturated carbocycles. The molecule has 2 rings (SSSR count). The highest BCUT2D eigenvalue weighted by atomic mass is 16.4. The van der Waals surface area contributed by atoms with Gasteiger partial charge in [0, 0.05) is 19.1 Å². The molecule has 1 aliphatic carbocycles. The van der Waals surface area contributed by atoms with Crippen LogP contribution in [0.15, 0.2) is 0 Å². The first-order valence-corrected chi connectivity index (χ1v) is 7.24. The summed E-state index contributed by atoms with van der Waals surface area (Å²) in [5, 5.41) is 12.0. The fourth-order valence-corrected chi connectivity index (χ4v) is 3.48. The van der Waals surface area contributed by atoms with Crippen LogP contribution in [-0.2, 0) is 4.79 Å². The molecule has 0 radical (unpaired) electrons. The highest BCUT2D eigenvalue weighted by Crippen LogP contribution is 2.28. The second kappa shape index (κ2) is 5.80. The molecule has 2 aliphatic rings. The lowest BCUT2D eigenvalue weighted by molar-refractivity contribution is -0.141. The number of urea groups is 1. The van der Waals surface area contributed by atoms with Gasteiger partial charge in [-0.2, -0.15) is 0 Å². The first-order valence-electron chi connectivity index (χ1n) is 7.24. The van der Waals surface area contributed by atoms with Gasteiger partial charge in [0.1, 0.15) is 0 Å². The highest BCUT2D eigenvalue weighted by Gasteiger charge is 2.32. The summed E-state index contributed by atoms with van der Waals surface area (Å²) in [6, 6.07) is 0.158. The zero-order valence-electron chi connectivity index (χ0n) is 11.8. The molecule has 1 saturated heterocycles. The third kappa shape index (κ3) is 3.61. The summed E-state index contributed by atoms with van der Waals surface area (Å²) in [5.74, 6) is 0.115. The molecular formula is C14H24N2O3. The molecule has 108 valence electrons. The van der Waals surface area contributed by atoms with Crippen molar-refractivity contribution in [3.8, 4) is 0 Å². The molecule has 1 heterocycles. The lowest BCUT2D eigenvalue weighted by Crippen LogP contribution is -2.46. The summed E-state index contributed by atoms with van der Waals surface area (Å²) in [6.45, 7) is 5.36. The number of nitrogens with one attached hydrogen (secondary N) is 1. The molecule has 0 bridgehead atoms. The number of carbonyl (C=O) groups excluding carboxylic acids is 1. The molecule has 0 spiro atoms. The summed E-state index contributed by atoms with van der Waals surface area (Å²) in [7, 11) is 0. The molecule has 1 aliphatic heterocycles. The molecule has 0 aromatic rings. The van der Waals surface area contributed by atoms with Crippen molar-refractivity contribution in [3.63, 3.8) is 0 Å². The molecule has 2 amide bonds. The predicted molar refractivity (Wildman–Crippen MR) is 71.8 cm³/mol. The first-order chi connectivity index (χ1) is 8.95. The van der Waals surface area contributed by atoms with Crippen LogP contribution in [0.3, 0.4) is 0 Å². The number of hydrogen-bond acceptors (Lipinski definition) is 2. The maximum atomic E-state index is 12.1. The molecule has 0 aromatic carbocycles. The zero-order chi connectivity index (χ0) is 14.0. The minimum atomic E-state index is -0.796. The number of likely N-dealkylation sites (tertiary alicyclic amines) is 1. The van der Waals surface area contributed by atoms with Crippen molar-refractivity contribution < 1.29 is 14.7 Å². The van der Waals surface area contributed by atoms with E-state index in [2.05, 4.69) is 19.2 Å². The van der Waals surface area contributed by atoms with Gasteiger partial charge in [0.15, 0.2) is 0 Å². The zero-order valence-corrected chi connectivity index (χ0v) is 11.8. The van der Waals surface area contributed by atoms with Crippen molar-refractivity contribution in [1.82, 2.24) is 10.2 Å². The normalized spacial score (nSPS) is 35.2. The number of aliphatic carboxylic acids is 1. The van der Waals surface area contributed by atoms with Crippen molar-refractivity contribution in [1.29, 1.82) is 0 Å². The SMILES string of the molecule is CC1CC(C)CC(NC(=O)N2CCC(C(=O)O)C2)C1. The molecule has 3 unspecified atom stereocenters. The van der Waals surface area contributed by atoms with E-state index in [-0.39, 0.29) is 12.1 Å². The van der Waals surface area contributed by atoms with E-state index >= 15 is 0 Å². The lowest BCUT2D eigenvalue weighted by atomic mass is 9.80. The van der Waals surface area contributed by atoms with Crippen LogP contribution in [0.1, 0.15) is 39.5 Å². The van der Waals surface area contributed by atoms with Crippen molar-refractivity contribution in [2.24, 2.45) is 17.8 Å². The van der Waals surface area contributed by atoms with Gasteiger partial charge in [-0.1, -0.05) is 13.8 Å². The molecule has 5 nitrogen and oxygen atoms in total. The van der Waals surface area contributed by atoms with Crippen LogP contribution < -0.4 is 5.32 Å². The number of amides is 2. The smallest absolute Gasteiger partial charge is 0.317 e. The fraction of sp³-hybridized carbons (Fsp3) is 0.857. The average Bonchev–Trinajstić information content (AvgIpc) is 2.76. The van der Waals surface area contributed by atoms with Crippen LogP contribution in [0.25, 0.3) is 0 Å². The molecule has 5 heteroatoms. The highest BCUT2D eigenvalue weighted by molar-refractivity contribution is 5.77. The molecule has 2 N–H and O–H groups in total. The Bertz CT molecular complexity index is 349. The molecule has 3 atom stereocenters. The minimum Gasteiger partial charge on any atom is -0.481 e. The Morgan fingerprint density at radius 3 is 2.32 bits per heavy atom. The second-order valence-electron chi connectivity index (χ2n) is 6.33. The van der Waals surface area contributed by atoms with Gasteiger partial charge in [-0.05, 0) is 37.5 Å². The summed E-state index contributed by atoms with van der Waals surface area (Å²) in [6.07, 6.45) is 3.87. The van der Waals surface area contributed by atoms with Crippen molar-refractivity contribution >= 4 is 12.0 Å². The van der Waals surface area contributed by atoms with E-state index in [1.807, 2.05) is 0 Å². The molecular weight excluding hydrogens is 244 g/mol. The Kier molecular flexibility index (Phi) is 4.32. The fourth-order valence-electron chi connectivity index (χ4n) is 3.48.